The molecule has 0 saturated carbocycles. The van der Waals surface area contributed by atoms with Crippen LogP contribution in [0.3, 0.4) is 0 Å². The molecule has 2 aromatic carbocycles. The van der Waals surface area contributed by atoms with Gasteiger partial charge in [-0.05, 0) is 29.5 Å². The lowest BCUT2D eigenvalue weighted by Crippen LogP contribution is -2.27. The Morgan fingerprint density at radius 1 is 1.10 bits per heavy atom. The highest BCUT2D eigenvalue weighted by Crippen LogP contribution is 2.13. The van der Waals surface area contributed by atoms with E-state index in [0.29, 0.717) is 24.9 Å². The van der Waals surface area contributed by atoms with E-state index in [0.717, 1.165) is 0 Å². The van der Waals surface area contributed by atoms with Crippen LogP contribution in [0.1, 0.15) is 30.4 Å². The zero-order valence-electron chi connectivity index (χ0n) is 12.2. The highest BCUT2D eigenvalue weighted by Gasteiger charge is 2.08. The van der Waals surface area contributed by atoms with Gasteiger partial charge in [0.25, 0.3) is 0 Å². The number of hydrogen-bond donors (Lipinski definition) is 1. The zero-order chi connectivity index (χ0) is 15.1. The van der Waals surface area contributed by atoms with Crippen LogP contribution in [0.5, 0.6) is 0 Å². The lowest BCUT2D eigenvalue weighted by Gasteiger charge is -2.13. The van der Waals surface area contributed by atoms with Crippen molar-refractivity contribution in [3.8, 4) is 0 Å². The summed E-state index contributed by atoms with van der Waals surface area (Å²) in [4.78, 5) is 11.8. The monoisotopic (exact) mass is 285 g/mol. The molecule has 0 radical (unpaired) electrons. The molecule has 21 heavy (non-hydrogen) atoms. The summed E-state index contributed by atoms with van der Waals surface area (Å²) in [5, 5.41) is 2.91. The van der Waals surface area contributed by atoms with E-state index < -0.39 is 0 Å². The Morgan fingerprint density at radius 3 is 2.48 bits per heavy atom. The van der Waals surface area contributed by atoms with Crippen LogP contribution in [-0.4, -0.2) is 12.5 Å². The van der Waals surface area contributed by atoms with E-state index in [1.807, 2.05) is 18.2 Å². The van der Waals surface area contributed by atoms with Gasteiger partial charge in [-0.15, -0.1) is 0 Å². The Hall–Kier alpha value is -2.16. The lowest BCUT2D eigenvalue weighted by molar-refractivity contribution is -0.121. The minimum Gasteiger partial charge on any atom is -0.355 e. The standard InChI is InChI=1S/C18H20FNO/c1-14(15-7-3-2-4-8-15)13-20-18(21)12-11-16-9-5-6-10-17(16)19/h2-10,14H,11-13H2,1H3,(H,20,21)/t14-/m0/s1. The largest absolute Gasteiger partial charge is 0.355 e. The van der Waals surface area contributed by atoms with Crippen LogP contribution in [-0.2, 0) is 11.2 Å². The van der Waals surface area contributed by atoms with Crippen LogP contribution in [0, 0.1) is 5.82 Å². The molecule has 3 heteroatoms. The van der Waals surface area contributed by atoms with Crippen LogP contribution in [0.4, 0.5) is 4.39 Å². The average Bonchev–Trinajstić information content (AvgIpc) is 2.52. The number of amides is 1. The maximum absolute atomic E-state index is 13.4. The molecule has 0 aromatic heterocycles. The summed E-state index contributed by atoms with van der Waals surface area (Å²) in [7, 11) is 0. The molecular formula is C18H20FNO. The van der Waals surface area contributed by atoms with Gasteiger partial charge in [0.05, 0.1) is 0 Å². The maximum Gasteiger partial charge on any atom is 0.220 e. The van der Waals surface area contributed by atoms with Gasteiger partial charge in [0.2, 0.25) is 5.91 Å². The SMILES string of the molecule is C[C@@H](CNC(=O)CCc1ccccc1F)c1ccccc1. The van der Waals surface area contributed by atoms with E-state index in [1.54, 1.807) is 18.2 Å². The van der Waals surface area contributed by atoms with Crippen LogP contribution < -0.4 is 5.32 Å². The predicted octanol–water partition coefficient (Wildman–Crippen LogP) is 3.68. The molecule has 0 aliphatic rings. The number of halogens is 1. The normalized spacial score (nSPS) is 11.9. The van der Waals surface area contributed by atoms with Gasteiger partial charge in [0, 0.05) is 13.0 Å². The molecule has 110 valence electrons. The van der Waals surface area contributed by atoms with Crippen LogP contribution in [0.25, 0.3) is 0 Å². The molecule has 2 aromatic rings. The molecule has 0 spiro atoms. The molecule has 2 nitrogen and oxygen atoms in total. The average molecular weight is 285 g/mol. The van der Waals surface area contributed by atoms with E-state index in [1.165, 1.54) is 11.6 Å². The number of rotatable bonds is 6. The summed E-state index contributed by atoms with van der Waals surface area (Å²) < 4.78 is 13.4. The molecule has 0 unspecified atom stereocenters. The summed E-state index contributed by atoms with van der Waals surface area (Å²) in [5.41, 5.74) is 1.79. The third-order valence-electron chi connectivity index (χ3n) is 3.55. The van der Waals surface area contributed by atoms with E-state index in [4.69, 9.17) is 0 Å². The number of carbonyl (C=O) groups is 1. The first-order valence-corrected chi connectivity index (χ1v) is 7.22. The molecule has 0 saturated heterocycles. The van der Waals surface area contributed by atoms with Crippen LogP contribution in [0.15, 0.2) is 54.6 Å². The third kappa shape index (κ3) is 4.71. The summed E-state index contributed by atoms with van der Waals surface area (Å²) in [6.07, 6.45) is 0.737. The lowest BCUT2D eigenvalue weighted by atomic mass is 10.0. The van der Waals surface area contributed by atoms with Gasteiger partial charge >= 0.3 is 0 Å². The summed E-state index contributed by atoms with van der Waals surface area (Å²) in [6, 6.07) is 16.6. The van der Waals surface area contributed by atoms with Crippen molar-refractivity contribution >= 4 is 5.91 Å². The van der Waals surface area contributed by atoms with Gasteiger partial charge < -0.3 is 5.32 Å². The quantitative estimate of drug-likeness (QED) is 0.862. The van der Waals surface area contributed by atoms with Crippen LogP contribution in [0.2, 0.25) is 0 Å². The fourth-order valence-corrected chi connectivity index (χ4v) is 2.20. The Kier molecular flexibility index (Phi) is 5.50. The molecule has 2 rings (SSSR count). The Balaban J connectivity index is 1.76. The molecule has 0 heterocycles. The first kappa shape index (κ1) is 15.2. The smallest absolute Gasteiger partial charge is 0.220 e. The van der Waals surface area contributed by atoms with Crippen molar-refractivity contribution in [2.45, 2.75) is 25.7 Å². The minimum atomic E-state index is -0.247. The Bertz CT molecular complexity index is 583. The van der Waals surface area contributed by atoms with Gasteiger partial charge in [0.15, 0.2) is 0 Å². The first-order valence-electron chi connectivity index (χ1n) is 7.22. The third-order valence-corrected chi connectivity index (χ3v) is 3.55. The number of benzene rings is 2. The van der Waals surface area contributed by atoms with Crippen molar-refractivity contribution < 1.29 is 9.18 Å². The molecule has 0 fully saturated rings. The van der Waals surface area contributed by atoms with E-state index in [-0.39, 0.29) is 17.6 Å². The van der Waals surface area contributed by atoms with Crippen molar-refractivity contribution in [2.24, 2.45) is 0 Å². The number of hydrogen-bond acceptors (Lipinski definition) is 1. The molecule has 0 aliphatic heterocycles. The van der Waals surface area contributed by atoms with Gasteiger partial charge in [-0.2, -0.15) is 0 Å². The Morgan fingerprint density at radius 2 is 1.76 bits per heavy atom. The first-order chi connectivity index (χ1) is 10.2. The van der Waals surface area contributed by atoms with Crippen molar-refractivity contribution in [2.75, 3.05) is 6.54 Å². The highest BCUT2D eigenvalue weighted by atomic mass is 19.1. The molecular weight excluding hydrogens is 265 g/mol. The van der Waals surface area contributed by atoms with Gasteiger partial charge in [-0.1, -0.05) is 55.5 Å². The van der Waals surface area contributed by atoms with Gasteiger partial charge in [-0.3, -0.25) is 4.79 Å². The predicted molar refractivity (Wildman–Crippen MR) is 82.6 cm³/mol. The summed E-state index contributed by atoms with van der Waals surface area (Å²) >= 11 is 0. The topological polar surface area (TPSA) is 29.1 Å². The van der Waals surface area contributed by atoms with Gasteiger partial charge in [-0.25, -0.2) is 4.39 Å². The second kappa shape index (κ2) is 7.58. The van der Waals surface area contributed by atoms with Gasteiger partial charge in [0.1, 0.15) is 5.82 Å². The second-order valence-corrected chi connectivity index (χ2v) is 5.21. The number of carbonyl (C=O) groups excluding carboxylic acids is 1. The van der Waals surface area contributed by atoms with Crippen molar-refractivity contribution in [3.05, 3.63) is 71.5 Å². The summed E-state index contributed by atoms with van der Waals surface area (Å²) in [5.74, 6) is -0.0207. The molecule has 1 atom stereocenters. The fraction of sp³-hybridized carbons (Fsp3) is 0.278. The minimum absolute atomic E-state index is 0.0407. The van der Waals surface area contributed by atoms with Crippen molar-refractivity contribution in [3.63, 3.8) is 0 Å². The van der Waals surface area contributed by atoms with Crippen LogP contribution >= 0.6 is 0 Å². The zero-order valence-corrected chi connectivity index (χ0v) is 12.2. The second-order valence-electron chi connectivity index (χ2n) is 5.21. The van der Waals surface area contributed by atoms with E-state index >= 15 is 0 Å². The Labute approximate surface area is 125 Å². The molecule has 0 bridgehead atoms. The molecule has 0 aliphatic carbocycles. The van der Waals surface area contributed by atoms with Crippen molar-refractivity contribution in [1.82, 2.24) is 5.32 Å². The highest BCUT2D eigenvalue weighted by molar-refractivity contribution is 5.76. The maximum atomic E-state index is 13.4. The number of aryl methyl sites for hydroxylation is 1. The van der Waals surface area contributed by atoms with E-state index in [2.05, 4.69) is 24.4 Å². The molecule has 1 N–H and O–H groups in total. The summed E-state index contributed by atoms with van der Waals surface area (Å²) in [6.45, 7) is 2.67. The number of nitrogens with one attached hydrogen (secondary N) is 1. The van der Waals surface area contributed by atoms with E-state index in [9.17, 15) is 9.18 Å². The fourth-order valence-electron chi connectivity index (χ4n) is 2.20. The molecule has 1 amide bonds. The van der Waals surface area contributed by atoms with Crippen molar-refractivity contribution in [1.29, 1.82) is 0 Å².